The third-order valence-electron chi connectivity index (χ3n) is 2.00. The molecule has 2 unspecified atom stereocenters. The zero-order chi connectivity index (χ0) is 10.4. The zero-order valence-electron chi connectivity index (χ0n) is 8.40. The lowest BCUT2D eigenvalue weighted by atomic mass is 10.2. The van der Waals surface area contributed by atoms with E-state index in [-0.39, 0.29) is 6.10 Å². The van der Waals surface area contributed by atoms with E-state index in [2.05, 4.69) is 6.58 Å². The van der Waals surface area contributed by atoms with Crippen LogP contribution in [0.5, 0.6) is 0 Å². The van der Waals surface area contributed by atoms with Gasteiger partial charge in [-0.25, -0.2) is 4.79 Å². The van der Waals surface area contributed by atoms with Crippen LogP contribution >= 0.6 is 0 Å². The Labute approximate surface area is 83.8 Å². The van der Waals surface area contributed by atoms with E-state index in [1.807, 2.05) is 6.92 Å². The molecule has 0 radical (unpaired) electrons. The SMILES string of the molecule is C=CC(=O)OC(OCC)C1CCCO1. The largest absolute Gasteiger partial charge is 0.430 e. The van der Waals surface area contributed by atoms with Crippen LogP contribution in [0.3, 0.4) is 0 Å². The molecule has 4 heteroatoms. The van der Waals surface area contributed by atoms with Crippen molar-refractivity contribution >= 4 is 5.97 Å². The van der Waals surface area contributed by atoms with Crippen LogP contribution < -0.4 is 0 Å². The third-order valence-corrected chi connectivity index (χ3v) is 2.00. The molecule has 0 N–H and O–H groups in total. The van der Waals surface area contributed by atoms with Crippen molar-refractivity contribution in [2.24, 2.45) is 0 Å². The number of hydrogen-bond donors (Lipinski definition) is 0. The van der Waals surface area contributed by atoms with Crippen LogP contribution in [0.1, 0.15) is 19.8 Å². The van der Waals surface area contributed by atoms with Gasteiger partial charge in [0.2, 0.25) is 6.29 Å². The average molecular weight is 200 g/mol. The van der Waals surface area contributed by atoms with Crippen molar-refractivity contribution in [1.82, 2.24) is 0 Å². The molecule has 0 amide bonds. The van der Waals surface area contributed by atoms with E-state index in [0.717, 1.165) is 18.9 Å². The van der Waals surface area contributed by atoms with Gasteiger partial charge in [-0.15, -0.1) is 0 Å². The Morgan fingerprint density at radius 2 is 2.57 bits per heavy atom. The van der Waals surface area contributed by atoms with Gasteiger partial charge in [-0.1, -0.05) is 6.58 Å². The number of ether oxygens (including phenoxy) is 3. The Morgan fingerprint density at radius 3 is 3.07 bits per heavy atom. The fourth-order valence-electron chi connectivity index (χ4n) is 1.36. The summed E-state index contributed by atoms with van der Waals surface area (Å²) >= 11 is 0. The smallest absolute Gasteiger partial charge is 0.332 e. The summed E-state index contributed by atoms with van der Waals surface area (Å²) in [6, 6.07) is 0. The lowest BCUT2D eigenvalue weighted by molar-refractivity contribution is -0.198. The van der Waals surface area contributed by atoms with Crippen LogP contribution in [0.15, 0.2) is 12.7 Å². The molecule has 2 atom stereocenters. The number of rotatable bonds is 5. The Bertz CT molecular complexity index is 196. The molecule has 0 aliphatic carbocycles. The number of hydrogen-bond acceptors (Lipinski definition) is 4. The Kier molecular flexibility index (Phi) is 4.62. The highest BCUT2D eigenvalue weighted by atomic mass is 16.7. The monoisotopic (exact) mass is 200 g/mol. The lowest BCUT2D eigenvalue weighted by Crippen LogP contribution is -2.33. The minimum absolute atomic E-state index is 0.126. The van der Waals surface area contributed by atoms with Crippen LogP contribution in [0.25, 0.3) is 0 Å². The maximum Gasteiger partial charge on any atom is 0.332 e. The van der Waals surface area contributed by atoms with Crippen LogP contribution in [0.4, 0.5) is 0 Å². The molecule has 1 aliphatic heterocycles. The summed E-state index contributed by atoms with van der Waals surface area (Å²) in [4.78, 5) is 11.0. The molecule has 14 heavy (non-hydrogen) atoms. The van der Waals surface area contributed by atoms with Crippen molar-refractivity contribution < 1.29 is 19.0 Å². The van der Waals surface area contributed by atoms with Gasteiger partial charge < -0.3 is 14.2 Å². The predicted octanol–water partition coefficient (Wildman–Crippen LogP) is 1.26. The van der Waals surface area contributed by atoms with Crippen molar-refractivity contribution in [3.05, 3.63) is 12.7 Å². The van der Waals surface area contributed by atoms with Crippen LogP contribution in [0, 0.1) is 0 Å². The Morgan fingerprint density at radius 1 is 1.79 bits per heavy atom. The van der Waals surface area contributed by atoms with Crippen molar-refractivity contribution in [2.75, 3.05) is 13.2 Å². The molecule has 1 fully saturated rings. The molecule has 0 saturated carbocycles. The maximum absolute atomic E-state index is 11.0. The normalized spacial score (nSPS) is 23.1. The van der Waals surface area contributed by atoms with Crippen molar-refractivity contribution in [2.45, 2.75) is 32.2 Å². The summed E-state index contributed by atoms with van der Waals surface area (Å²) in [6.07, 6.45) is 2.27. The highest BCUT2D eigenvalue weighted by Gasteiger charge is 2.28. The minimum Gasteiger partial charge on any atom is -0.430 e. The average Bonchev–Trinajstić information content (AvgIpc) is 2.69. The molecular formula is C10H16O4. The maximum atomic E-state index is 11.0. The number of esters is 1. The van der Waals surface area contributed by atoms with Crippen molar-refractivity contribution in [1.29, 1.82) is 0 Å². The molecule has 4 nitrogen and oxygen atoms in total. The van der Waals surface area contributed by atoms with Crippen molar-refractivity contribution in [3.8, 4) is 0 Å². The molecule has 80 valence electrons. The Hall–Kier alpha value is -0.870. The first-order chi connectivity index (χ1) is 6.77. The van der Waals surface area contributed by atoms with E-state index in [0.29, 0.717) is 13.2 Å². The standard InChI is InChI=1S/C10H16O4/c1-3-9(11)14-10(12-4-2)8-6-5-7-13-8/h3,8,10H,1,4-7H2,2H3. The second kappa shape index (κ2) is 5.78. The van der Waals surface area contributed by atoms with Gasteiger partial charge in [0.15, 0.2) is 0 Å². The summed E-state index contributed by atoms with van der Waals surface area (Å²) in [6.45, 7) is 6.38. The second-order valence-electron chi connectivity index (χ2n) is 3.02. The summed E-state index contributed by atoms with van der Waals surface area (Å²) in [5, 5.41) is 0. The van der Waals surface area contributed by atoms with Gasteiger partial charge >= 0.3 is 5.97 Å². The van der Waals surface area contributed by atoms with Gasteiger partial charge in [0.05, 0.1) is 0 Å². The molecule has 0 aromatic heterocycles. The zero-order valence-corrected chi connectivity index (χ0v) is 8.40. The highest BCUT2D eigenvalue weighted by Crippen LogP contribution is 2.18. The molecule has 1 aliphatic rings. The topological polar surface area (TPSA) is 44.8 Å². The van der Waals surface area contributed by atoms with E-state index in [1.165, 1.54) is 0 Å². The summed E-state index contributed by atoms with van der Waals surface area (Å²) in [5.74, 6) is -0.473. The van der Waals surface area contributed by atoms with E-state index < -0.39 is 12.3 Å². The van der Waals surface area contributed by atoms with Crippen LogP contribution in [-0.2, 0) is 19.0 Å². The predicted molar refractivity (Wildman–Crippen MR) is 50.7 cm³/mol. The molecule has 0 aromatic carbocycles. The van der Waals surface area contributed by atoms with Gasteiger partial charge in [0.1, 0.15) is 6.10 Å². The molecule has 1 heterocycles. The summed E-state index contributed by atoms with van der Waals surface area (Å²) in [7, 11) is 0. The van der Waals surface area contributed by atoms with E-state index in [4.69, 9.17) is 14.2 Å². The molecule has 1 saturated heterocycles. The highest BCUT2D eigenvalue weighted by molar-refractivity contribution is 5.81. The minimum atomic E-state index is -0.590. The van der Waals surface area contributed by atoms with Gasteiger partial charge in [-0.3, -0.25) is 0 Å². The second-order valence-corrected chi connectivity index (χ2v) is 3.02. The third kappa shape index (κ3) is 3.12. The van der Waals surface area contributed by atoms with Gasteiger partial charge in [-0.05, 0) is 19.8 Å². The molecule has 0 bridgehead atoms. The van der Waals surface area contributed by atoms with E-state index >= 15 is 0 Å². The molecule has 1 rings (SSSR count). The Balaban J connectivity index is 2.44. The van der Waals surface area contributed by atoms with Crippen LogP contribution in [-0.4, -0.2) is 31.6 Å². The first-order valence-electron chi connectivity index (χ1n) is 4.84. The molecule has 0 aromatic rings. The van der Waals surface area contributed by atoms with E-state index in [1.54, 1.807) is 0 Å². The fourth-order valence-corrected chi connectivity index (χ4v) is 1.36. The number of carbonyl (C=O) groups excluding carboxylic acids is 1. The van der Waals surface area contributed by atoms with Crippen molar-refractivity contribution in [3.63, 3.8) is 0 Å². The summed E-state index contributed by atoms with van der Waals surface area (Å²) in [5.41, 5.74) is 0. The quantitative estimate of drug-likeness (QED) is 0.380. The van der Waals surface area contributed by atoms with Gasteiger partial charge in [0, 0.05) is 19.3 Å². The summed E-state index contributed by atoms with van der Waals surface area (Å²) < 4.78 is 15.7. The fraction of sp³-hybridized carbons (Fsp3) is 0.700. The van der Waals surface area contributed by atoms with Crippen LogP contribution in [0.2, 0.25) is 0 Å². The van der Waals surface area contributed by atoms with Gasteiger partial charge in [0.25, 0.3) is 0 Å². The first-order valence-corrected chi connectivity index (χ1v) is 4.84. The van der Waals surface area contributed by atoms with Gasteiger partial charge in [-0.2, -0.15) is 0 Å². The molecular weight excluding hydrogens is 184 g/mol. The first kappa shape index (κ1) is 11.2. The lowest BCUT2D eigenvalue weighted by Gasteiger charge is -2.21. The van der Waals surface area contributed by atoms with E-state index in [9.17, 15) is 4.79 Å². The number of carbonyl (C=O) groups is 1. The molecule has 0 spiro atoms.